The Hall–Kier alpha value is -1.81. The number of benzene rings is 2. The maximum absolute atomic E-state index is 12.1. The fraction of sp³-hybridized carbons (Fsp3) is 0.133. The highest BCUT2D eigenvalue weighted by atomic mass is 79.9. The van der Waals surface area contributed by atoms with Gasteiger partial charge in [0.05, 0.1) is 7.11 Å². The van der Waals surface area contributed by atoms with E-state index in [2.05, 4.69) is 21.2 Å². The molecule has 2 aromatic carbocycles. The molecular formula is C15H14BrNO2. The van der Waals surface area contributed by atoms with Crippen LogP contribution >= 0.6 is 15.9 Å². The Morgan fingerprint density at radius 1 is 1.16 bits per heavy atom. The predicted octanol–water partition coefficient (Wildman–Crippen LogP) is 4.02. The number of hydrogen-bond acceptors (Lipinski definition) is 2. The van der Waals surface area contributed by atoms with Gasteiger partial charge < -0.3 is 10.1 Å². The molecular weight excluding hydrogens is 306 g/mol. The Bertz CT molecular complexity index is 594. The van der Waals surface area contributed by atoms with Crippen LogP contribution in [0.15, 0.2) is 46.9 Å². The molecule has 0 aliphatic carbocycles. The molecule has 1 amide bonds. The second-order valence-electron chi connectivity index (χ2n) is 4.14. The molecule has 98 valence electrons. The molecule has 0 unspecified atom stereocenters. The van der Waals surface area contributed by atoms with Crippen molar-refractivity contribution in [3.63, 3.8) is 0 Å². The van der Waals surface area contributed by atoms with Crippen LogP contribution in [0.25, 0.3) is 0 Å². The molecule has 0 aliphatic rings. The van der Waals surface area contributed by atoms with Gasteiger partial charge in [0, 0.05) is 15.7 Å². The molecule has 0 saturated heterocycles. The Labute approximate surface area is 120 Å². The SMILES string of the molecule is COc1ccc(C(=O)Nc2cc(Br)ccc2C)cc1. The van der Waals surface area contributed by atoms with E-state index in [1.807, 2.05) is 25.1 Å². The fourth-order valence-corrected chi connectivity index (χ4v) is 2.03. The number of hydrogen-bond donors (Lipinski definition) is 1. The topological polar surface area (TPSA) is 38.3 Å². The molecule has 2 rings (SSSR count). The number of amides is 1. The molecule has 0 aliphatic heterocycles. The van der Waals surface area contributed by atoms with Crippen LogP contribution in [0, 0.1) is 6.92 Å². The second kappa shape index (κ2) is 5.89. The van der Waals surface area contributed by atoms with Crippen LogP contribution in [0.1, 0.15) is 15.9 Å². The minimum atomic E-state index is -0.135. The van der Waals surface area contributed by atoms with Gasteiger partial charge in [-0.15, -0.1) is 0 Å². The summed E-state index contributed by atoms with van der Waals surface area (Å²) in [6.45, 7) is 1.95. The summed E-state index contributed by atoms with van der Waals surface area (Å²) in [7, 11) is 1.60. The lowest BCUT2D eigenvalue weighted by atomic mass is 10.1. The third kappa shape index (κ3) is 3.35. The van der Waals surface area contributed by atoms with E-state index in [-0.39, 0.29) is 5.91 Å². The van der Waals surface area contributed by atoms with Crippen molar-refractivity contribution in [3.05, 3.63) is 58.1 Å². The summed E-state index contributed by atoms with van der Waals surface area (Å²) >= 11 is 3.39. The van der Waals surface area contributed by atoms with E-state index in [9.17, 15) is 4.79 Å². The molecule has 1 N–H and O–H groups in total. The van der Waals surface area contributed by atoms with Crippen LogP contribution in [-0.4, -0.2) is 13.0 Å². The fourth-order valence-electron chi connectivity index (χ4n) is 1.67. The molecule has 0 saturated carbocycles. The second-order valence-corrected chi connectivity index (χ2v) is 5.06. The highest BCUT2D eigenvalue weighted by Crippen LogP contribution is 2.21. The van der Waals surface area contributed by atoms with E-state index in [4.69, 9.17) is 4.74 Å². The van der Waals surface area contributed by atoms with Gasteiger partial charge >= 0.3 is 0 Å². The molecule has 0 aromatic heterocycles. The van der Waals surface area contributed by atoms with Crippen LogP contribution in [-0.2, 0) is 0 Å². The van der Waals surface area contributed by atoms with Crippen molar-refractivity contribution >= 4 is 27.5 Å². The monoisotopic (exact) mass is 319 g/mol. The Morgan fingerprint density at radius 2 is 1.84 bits per heavy atom. The molecule has 0 bridgehead atoms. The van der Waals surface area contributed by atoms with E-state index < -0.39 is 0 Å². The van der Waals surface area contributed by atoms with E-state index >= 15 is 0 Å². The van der Waals surface area contributed by atoms with Crippen LogP contribution in [0.3, 0.4) is 0 Å². The predicted molar refractivity (Wildman–Crippen MR) is 79.8 cm³/mol. The van der Waals surface area contributed by atoms with Crippen LogP contribution in [0.2, 0.25) is 0 Å². The average molecular weight is 320 g/mol. The smallest absolute Gasteiger partial charge is 0.255 e. The lowest BCUT2D eigenvalue weighted by Crippen LogP contribution is -2.12. The lowest BCUT2D eigenvalue weighted by molar-refractivity contribution is 0.102. The zero-order valence-electron chi connectivity index (χ0n) is 10.7. The highest BCUT2D eigenvalue weighted by Gasteiger charge is 2.08. The first-order valence-corrected chi connectivity index (χ1v) is 6.61. The van der Waals surface area contributed by atoms with Crippen molar-refractivity contribution in [2.24, 2.45) is 0 Å². The number of carbonyl (C=O) groups excluding carboxylic acids is 1. The molecule has 0 radical (unpaired) electrons. The number of rotatable bonds is 3. The lowest BCUT2D eigenvalue weighted by Gasteiger charge is -2.09. The number of ether oxygens (including phenoxy) is 1. The molecule has 0 heterocycles. The van der Waals surface area contributed by atoms with Crippen LogP contribution < -0.4 is 10.1 Å². The normalized spacial score (nSPS) is 10.1. The van der Waals surface area contributed by atoms with Gasteiger partial charge in [0.2, 0.25) is 0 Å². The molecule has 2 aromatic rings. The maximum atomic E-state index is 12.1. The van der Waals surface area contributed by atoms with Crippen molar-refractivity contribution in [1.29, 1.82) is 0 Å². The third-order valence-electron chi connectivity index (χ3n) is 2.80. The van der Waals surface area contributed by atoms with E-state index in [0.29, 0.717) is 5.56 Å². The molecule has 0 atom stereocenters. The summed E-state index contributed by atoms with van der Waals surface area (Å²) in [5.74, 6) is 0.596. The minimum Gasteiger partial charge on any atom is -0.497 e. The van der Waals surface area contributed by atoms with Gasteiger partial charge in [-0.1, -0.05) is 22.0 Å². The van der Waals surface area contributed by atoms with E-state index in [1.165, 1.54) is 0 Å². The Morgan fingerprint density at radius 3 is 2.47 bits per heavy atom. The maximum Gasteiger partial charge on any atom is 0.255 e. The Balaban J connectivity index is 2.18. The number of methoxy groups -OCH3 is 1. The van der Waals surface area contributed by atoms with Crippen LogP contribution in [0.4, 0.5) is 5.69 Å². The number of aryl methyl sites for hydroxylation is 1. The molecule has 0 fully saturated rings. The summed E-state index contributed by atoms with van der Waals surface area (Å²) in [6.07, 6.45) is 0. The van der Waals surface area contributed by atoms with Gasteiger partial charge in [0.1, 0.15) is 5.75 Å². The number of halogens is 1. The zero-order chi connectivity index (χ0) is 13.8. The summed E-state index contributed by atoms with van der Waals surface area (Å²) in [5.41, 5.74) is 2.42. The van der Waals surface area contributed by atoms with Crippen molar-refractivity contribution in [1.82, 2.24) is 0 Å². The number of carbonyl (C=O) groups is 1. The van der Waals surface area contributed by atoms with Gasteiger partial charge in [-0.25, -0.2) is 0 Å². The standard InChI is InChI=1S/C15H14BrNO2/c1-10-3-6-12(16)9-14(10)17-15(18)11-4-7-13(19-2)8-5-11/h3-9H,1-2H3,(H,17,18). The summed E-state index contributed by atoms with van der Waals surface area (Å²) in [6, 6.07) is 12.8. The van der Waals surface area contributed by atoms with Crippen molar-refractivity contribution in [2.75, 3.05) is 12.4 Å². The van der Waals surface area contributed by atoms with Crippen molar-refractivity contribution < 1.29 is 9.53 Å². The molecule has 3 nitrogen and oxygen atoms in total. The van der Waals surface area contributed by atoms with Gasteiger partial charge in [-0.3, -0.25) is 4.79 Å². The average Bonchev–Trinajstić information content (AvgIpc) is 2.43. The molecule has 0 spiro atoms. The third-order valence-corrected chi connectivity index (χ3v) is 3.29. The quantitative estimate of drug-likeness (QED) is 0.928. The highest BCUT2D eigenvalue weighted by molar-refractivity contribution is 9.10. The van der Waals surface area contributed by atoms with Crippen molar-refractivity contribution in [2.45, 2.75) is 6.92 Å². The van der Waals surface area contributed by atoms with E-state index in [1.54, 1.807) is 31.4 Å². The first kappa shape index (κ1) is 13.6. The van der Waals surface area contributed by atoms with Gasteiger partial charge in [0.15, 0.2) is 0 Å². The van der Waals surface area contributed by atoms with Crippen LogP contribution in [0.5, 0.6) is 5.75 Å². The largest absolute Gasteiger partial charge is 0.497 e. The summed E-state index contributed by atoms with van der Waals surface area (Å²) in [5, 5.41) is 2.90. The summed E-state index contributed by atoms with van der Waals surface area (Å²) < 4.78 is 6.00. The number of nitrogens with one attached hydrogen (secondary N) is 1. The summed E-state index contributed by atoms with van der Waals surface area (Å²) in [4.78, 5) is 12.1. The van der Waals surface area contributed by atoms with Gasteiger partial charge in [0.25, 0.3) is 5.91 Å². The Kier molecular flexibility index (Phi) is 4.22. The van der Waals surface area contributed by atoms with Crippen molar-refractivity contribution in [3.8, 4) is 5.75 Å². The zero-order valence-corrected chi connectivity index (χ0v) is 12.3. The minimum absolute atomic E-state index is 0.135. The van der Waals surface area contributed by atoms with E-state index in [0.717, 1.165) is 21.5 Å². The van der Waals surface area contributed by atoms with Gasteiger partial charge in [-0.05, 0) is 48.9 Å². The number of anilines is 1. The van der Waals surface area contributed by atoms with Gasteiger partial charge in [-0.2, -0.15) is 0 Å². The molecule has 4 heteroatoms. The first-order valence-electron chi connectivity index (χ1n) is 5.81. The molecule has 19 heavy (non-hydrogen) atoms. The first-order chi connectivity index (χ1) is 9.10.